The lowest BCUT2D eigenvalue weighted by Gasteiger charge is -2.14. The first-order valence-corrected chi connectivity index (χ1v) is 10.0. The summed E-state index contributed by atoms with van der Waals surface area (Å²) in [6.07, 6.45) is 1.42. The maximum atomic E-state index is 12.3. The largest absolute Gasteiger partial charge is 0.494 e. The molecule has 0 spiro atoms. The Bertz CT molecular complexity index is 817. The van der Waals surface area contributed by atoms with E-state index >= 15 is 0 Å². The van der Waals surface area contributed by atoms with E-state index in [2.05, 4.69) is 29.8 Å². The predicted octanol–water partition coefficient (Wildman–Crippen LogP) is 4.82. The van der Waals surface area contributed by atoms with Crippen molar-refractivity contribution in [2.45, 2.75) is 40.5 Å². The van der Waals surface area contributed by atoms with E-state index in [0.717, 1.165) is 29.1 Å². The van der Waals surface area contributed by atoms with Gasteiger partial charge in [0.1, 0.15) is 5.75 Å². The van der Waals surface area contributed by atoms with Gasteiger partial charge < -0.3 is 20.7 Å². The maximum Gasteiger partial charge on any atom is 0.243 e. The molecule has 0 fully saturated rings. The number of hydrogen-bond acceptors (Lipinski definition) is 4. The summed E-state index contributed by atoms with van der Waals surface area (Å²) in [7, 11) is 0. The van der Waals surface area contributed by atoms with E-state index in [0.29, 0.717) is 24.6 Å². The number of nitrogens with one attached hydrogen (secondary N) is 3. The zero-order valence-electron chi connectivity index (χ0n) is 17.7. The number of hydrogen-bond donors (Lipinski definition) is 3. The summed E-state index contributed by atoms with van der Waals surface area (Å²) >= 11 is 0. The second-order valence-electron chi connectivity index (χ2n) is 7.34. The number of carbonyl (C=O) groups is 2. The predicted molar refractivity (Wildman–Crippen MR) is 119 cm³/mol. The Morgan fingerprint density at radius 3 is 2.31 bits per heavy atom. The number of anilines is 3. The van der Waals surface area contributed by atoms with Crippen molar-refractivity contribution in [2.24, 2.45) is 5.92 Å². The minimum Gasteiger partial charge on any atom is -0.494 e. The minimum absolute atomic E-state index is 0.0420. The summed E-state index contributed by atoms with van der Waals surface area (Å²) < 4.78 is 5.69. The number of amides is 2. The monoisotopic (exact) mass is 397 g/mol. The molecule has 0 aliphatic rings. The smallest absolute Gasteiger partial charge is 0.243 e. The average molecular weight is 398 g/mol. The molecule has 2 aromatic carbocycles. The van der Waals surface area contributed by atoms with Crippen molar-refractivity contribution in [3.63, 3.8) is 0 Å². The van der Waals surface area contributed by atoms with Crippen LogP contribution in [0, 0.1) is 12.8 Å². The third-order valence-corrected chi connectivity index (χ3v) is 4.47. The van der Waals surface area contributed by atoms with Gasteiger partial charge in [-0.25, -0.2) is 0 Å². The molecule has 0 saturated heterocycles. The number of rotatable bonds is 10. The molecule has 0 heterocycles. The highest BCUT2D eigenvalue weighted by atomic mass is 16.5. The van der Waals surface area contributed by atoms with Crippen LogP contribution in [0.4, 0.5) is 17.1 Å². The summed E-state index contributed by atoms with van der Waals surface area (Å²) in [6.45, 7) is 8.85. The molecule has 3 N–H and O–H groups in total. The van der Waals surface area contributed by atoms with Gasteiger partial charge in [-0.15, -0.1) is 0 Å². The van der Waals surface area contributed by atoms with Crippen molar-refractivity contribution in [3.8, 4) is 5.75 Å². The van der Waals surface area contributed by atoms with Crippen LogP contribution in [-0.2, 0) is 9.59 Å². The average Bonchev–Trinajstić information content (AvgIpc) is 2.69. The van der Waals surface area contributed by atoms with Crippen LogP contribution in [0.25, 0.3) is 0 Å². The van der Waals surface area contributed by atoms with Crippen molar-refractivity contribution in [1.29, 1.82) is 0 Å². The topological polar surface area (TPSA) is 79.5 Å². The molecule has 0 aromatic heterocycles. The normalized spacial score (nSPS) is 10.5. The van der Waals surface area contributed by atoms with Crippen molar-refractivity contribution >= 4 is 28.9 Å². The van der Waals surface area contributed by atoms with Crippen LogP contribution < -0.4 is 20.7 Å². The van der Waals surface area contributed by atoms with Gasteiger partial charge in [-0.1, -0.05) is 26.8 Å². The Morgan fingerprint density at radius 2 is 1.66 bits per heavy atom. The Hall–Kier alpha value is -3.02. The zero-order chi connectivity index (χ0) is 21.2. The van der Waals surface area contributed by atoms with Gasteiger partial charge in [-0.05, 0) is 61.2 Å². The molecule has 2 rings (SSSR count). The fourth-order valence-electron chi connectivity index (χ4n) is 2.63. The van der Waals surface area contributed by atoms with Crippen LogP contribution in [-0.4, -0.2) is 25.0 Å². The van der Waals surface area contributed by atoms with Crippen LogP contribution in [0.15, 0.2) is 42.5 Å². The molecular formula is C23H31N3O3. The standard InChI is InChI=1S/C23H31N3O3/c1-5-22(27)26-21-8-6-7-20(17(21)4)24-15-23(28)25-18-9-11-19(12-10-18)29-14-13-16(2)3/h6-12,16,24H,5,13-15H2,1-4H3,(H,25,28)(H,26,27). The van der Waals surface area contributed by atoms with Gasteiger partial charge in [0.15, 0.2) is 0 Å². The molecule has 0 radical (unpaired) electrons. The second kappa shape index (κ2) is 11.1. The van der Waals surface area contributed by atoms with Gasteiger partial charge in [-0.2, -0.15) is 0 Å². The lowest BCUT2D eigenvalue weighted by atomic mass is 10.1. The van der Waals surface area contributed by atoms with E-state index in [1.807, 2.05) is 49.4 Å². The number of carbonyl (C=O) groups excluding carboxylic acids is 2. The molecule has 0 bridgehead atoms. The molecule has 0 aliphatic carbocycles. The molecule has 2 aromatic rings. The number of benzene rings is 2. The molecular weight excluding hydrogens is 366 g/mol. The second-order valence-corrected chi connectivity index (χ2v) is 7.34. The lowest BCUT2D eigenvalue weighted by Crippen LogP contribution is -2.22. The van der Waals surface area contributed by atoms with Gasteiger partial charge in [0, 0.05) is 23.5 Å². The van der Waals surface area contributed by atoms with Crippen molar-refractivity contribution < 1.29 is 14.3 Å². The first-order chi connectivity index (χ1) is 13.9. The first kappa shape index (κ1) is 22.3. The Labute approximate surface area is 173 Å². The molecule has 0 atom stereocenters. The van der Waals surface area contributed by atoms with E-state index in [1.54, 1.807) is 6.92 Å². The highest BCUT2D eigenvalue weighted by Crippen LogP contribution is 2.23. The van der Waals surface area contributed by atoms with Crippen LogP contribution in [0.1, 0.15) is 39.2 Å². The molecule has 0 aliphatic heterocycles. The quantitative estimate of drug-likeness (QED) is 0.537. The van der Waals surface area contributed by atoms with Gasteiger partial charge >= 0.3 is 0 Å². The summed E-state index contributed by atoms with van der Waals surface area (Å²) in [6, 6.07) is 12.9. The lowest BCUT2D eigenvalue weighted by molar-refractivity contribution is -0.116. The highest BCUT2D eigenvalue weighted by Gasteiger charge is 2.08. The third-order valence-electron chi connectivity index (χ3n) is 4.47. The van der Waals surface area contributed by atoms with E-state index in [-0.39, 0.29) is 18.4 Å². The molecule has 2 amide bonds. The zero-order valence-corrected chi connectivity index (χ0v) is 17.7. The van der Waals surface area contributed by atoms with E-state index in [1.165, 1.54) is 0 Å². The van der Waals surface area contributed by atoms with E-state index < -0.39 is 0 Å². The van der Waals surface area contributed by atoms with Crippen LogP contribution in [0.2, 0.25) is 0 Å². The van der Waals surface area contributed by atoms with Gasteiger partial charge in [0.25, 0.3) is 0 Å². The van der Waals surface area contributed by atoms with Crippen molar-refractivity contribution in [2.75, 3.05) is 29.1 Å². The van der Waals surface area contributed by atoms with E-state index in [4.69, 9.17) is 4.74 Å². The van der Waals surface area contributed by atoms with Crippen molar-refractivity contribution in [3.05, 3.63) is 48.0 Å². The molecule has 6 nitrogen and oxygen atoms in total. The summed E-state index contributed by atoms with van der Waals surface area (Å²) in [5.41, 5.74) is 3.16. The molecule has 0 unspecified atom stereocenters. The third kappa shape index (κ3) is 7.49. The van der Waals surface area contributed by atoms with Crippen LogP contribution in [0.5, 0.6) is 5.75 Å². The summed E-state index contributed by atoms with van der Waals surface area (Å²) in [5, 5.41) is 8.85. The minimum atomic E-state index is -0.152. The first-order valence-electron chi connectivity index (χ1n) is 10.0. The Kier molecular flexibility index (Phi) is 8.52. The number of ether oxygens (including phenoxy) is 1. The maximum absolute atomic E-state index is 12.3. The molecule has 0 saturated carbocycles. The van der Waals surface area contributed by atoms with Gasteiger partial charge in [-0.3, -0.25) is 9.59 Å². The van der Waals surface area contributed by atoms with Gasteiger partial charge in [0.2, 0.25) is 11.8 Å². The van der Waals surface area contributed by atoms with Crippen molar-refractivity contribution in [1.82, 2.24) is 0 Å². The fourth-order valence-corrected chi connectivity index (χ4v) is 2.63. The molecule has 29 heavy (non-hydrogen) atoms. The highest BCUT2D eigenvalue weighted by molar-refractivity contribution is 5.95. The van der Waals surface area contributed by atoms with Crippen LogP contribution in [0.3, 0.4) is 0 Å². The van der Waals surface area contributed by atoms with Gasteiger partial charge in [0.05, 0.1) is 13.2 Å². The van der Waals surface area contributed by atoms with E-state index in [9.17, 15) is 9.59 Å². The SMILES string of the molecule is CCC(=O)Nc1cccc(NCC(=O)Nc2ccc(OCCC(C)C)cc2)c1C. The Morgan fingerprint density at radius 1 is 0.966 bits per heavy atom. The summed E-state index contributed by atoms with van der Waals surface area (Å²) in [4.78, 5) is 23.9. The van der Waals surface area contributed by atoms with Crippen LogP contribution >= 0.6 is 0 Å². The Balaban J connectivity index is 1.85. The molecule has 156 valence electrons. The molecule has 6 heteroatoms. The fraction of sp³-hybridized carbons (Fsp3) is 0.391. The summed E-state index contributed by atoms with van der Waals surface area (Å²) in [5.74, 6) is 1.21.